The van der Waals surface area contributed by atoms with E-state index in [0.29, 0.717) is 24.1 Å². The molecule has 21 heavy (non-hydrogen) atoms. The Balaban J connectivity index is 2.32. The maximum Gasteiger partial charge on any atom is 0.128 e. The molecule has 4 heteroatoms. The minimum atomic E-state index is -0.620. The maximum absolute atomic E-state index is 14.0. The normalized spacial score (nSPS) is 12.4. The van der Waals surface area contributed by atoms with Gasteiger partial charge in [0.1, 0.15) is 17.5 Å². The quantitative estimate of drug-likeness (QED) is 0.866. The molecule has 2 aromatic rings. The largest absolute Gasteiger partial charge is 0.310 e. The molecule has 0 amide bonds. The van der Waals surface area contributed by atoms with Gasteiger partial charge in [0.2, 0.25) is 0 Å². The molecule has 0 aliphatic rings. The first-order valence-corrected chi connectivity index (χ1v) is 6.94. The Hall–Kier alpha value is -1.81. The predicted octanol–water partition coefficient (Wildman–Crippen LogP) is 4.31. The van der Waals surface area contributed by atoms with Crippen molar-refractivity contribution >= 4 is 0 Å². The number of likely N-dealkylation sites (N-methyl/N-ethyl adjacent to an activating group) is 1. The Kier molecular flexibility index (Phi) is 5.02. The van der Waals surface area contributed by atoms with Crippen LogP contribution in [-0.4, -0.2) is 6.54 Å². The minimum Gasteiger partial charge on any atom is -0.310 e. The van der Waals surface area contributed by atoms with Gasteiger partial charge in [0.05, 0.1) is 0 Å². The van der Waals surface area contributed by atoms with E-state index in [2.05, 4.69) is 5.32 Å². The average Bonchev–Trinajstić information content (AvgIpc) is 2.40. The number of hydrogen-bond donors (Lipinski definition) is 1. The van der Waals surface area contributed by atoms with Crippen LogP contribution in [0.2, 0.25) is 0 Å². The minimum absolute atomic E-state index is 0.316. The fourth-order valence-corrected chi connectivity index (χ4v) is 2.43. The van der Waals surface area contributed by atoms with Crippen LogP contribution in [0.4, 0.5) is 13.2 Å². The summed E-state index contributed by atoms with van der Waals surface area (Å²) in [6.45, 7) is 4.43. The van der Waals surface area contributed by atoms with Crippen LogP contribution in [0.5, 0.6) is 0 Å². The molecule has 0 saturated carbocycles. The van der Waals surface area contributed by atoms with Gasteiger partial charge in [0.25, 0.3) is 0 Å². The van der Waals surface area contributed by atoms with Crippen molar-refractivity contribution in [3.05, 3.63) is 70.5 Å². The summed E-state index contributed by atoms with van der Waals surface area (Å²) in [6.07, 6.45) is 0.322. The third-order valence-corrected chi connectivity index (χ3v) is 3.34. The fraction of sp³-hybridized carbons (Fsp3) is 0.294. The van der Waals surface area contributed by atoms with Crippen molar-refractivity contribution in [3.8, 4) is 0 Å². The lowest BCUT2D eigenvalue weighted by molar-refractivity contribution is 0.505. The molecular formula is C17H18F3N. The second-order valence-electron chi connectivity index (χ2n) is 5.12. The van der Waals surface area contributed by atoms with Crippen molar-refractivity contribution in [2.45, 2.75) is 26.3 Å². The number of aryl methyl sites for hydroxylation is 1. The molecule has 0 radical (unpaired) electrons. The van der Waals surface area contributed by atoms with Gasteiger partial charge < -0.3 is 5.32 Å². The Labute approximate surface area is 122 Å². The van der Waals surface area contributed by atoms with Gasteiger partial charge in [0, 0.05) is 17.7 Å². The van der Waals surface area contributed by atoms with Crippen LogP contribution in [0.3, 0.4) is 0 Å². The summed E-state index contributed by atoms with van der Waals surface area (Å²) in [5.74, 6) is -1.56. The number of rotatable bonds is 5. The Bertz CT molecular complexity index is 605. The van der Waals surface area contributed by atoms with E-state index in [-0.39, 0.29) is 11.9 Å². The molecular weight excluding hydrogens is 275 g/mol. The molecule has 1 N–H and O–H groups in total. The summed E-state index contributed by atoms with van der Waals surface area (Å²) in [5, 5.41) is 3.17. The highest BCUT2D eigenvalue weighted by Crippen LogP contribution is 2.23. The van der Waals surface area contributed by atoms with Crippen LogP contribution >= 0.6 is 0 Å². The Morgan fingerprint density at radius 3 is 2.29 bits per heavy atom. The van der Waals surface area contributed by atoms with Crippen molar-refractivity contribution in [2.75, 3.05) is 6.54 Å². The Morgan fingerprint density at radius 2 is 1.67 bits per heavy atom. The monoisotopic (exact) mass is 293 g/mol. The summed E-state index contributed by atoms with van der Waals surface area (Å²) in [6, 6.07) is 7.95. The van der Waals surface area contributed by atoms with E-state index < -0.39 is 11.6 Å². The van der Waals surface area contributed by atoms with Crippen molar-refractivity contribution in [1.29, 1.82) is 0 Å². The van der Waals surface area contributed by atoms with E-state index in [1.54, 1.807) is 12.1 Å². The van der Waals surface area contributed by atoms with Crippen LogP contribution in [-0.2, 0) is 6.42 Å². The first-order chi connectivity index (χ1) is 9.99. The van der Waals surface area contributed by atoms with Gasteiger partial charge in [-0.1, -0.05) is 24.6 Å². The van der Waals surface area contributed by atoms with E-state index in [9.17, 15) is 13.2 Å². The summed E-state index contributed by atoms with van der Waals surface area (Å²) in [7, 11) is 0. The van der Waals surface area contributed by atoms with E-state index in [4.69, 9.17) is 0 Å². The lowest BCUT2D eigenvalue weighted by atomic mass is 9.97. The SMILES string of the molecule is CCNC(Cc1cc(F)cc(F)c1)c1cc(C)ccc1F. The smallest absolute Gasteiger partial charge is 0.128 e. The zero-order chi connectivity index (χ0) is 15.4. The lowest BCUT2D eigenvalue weighted by Crippen LogP contribution is -2.24. The fourth-order valence-electron chi connectivity index (χ4n) is 2.43. The molecule has 112 valence electrons. The number of halogens is 3. The van der Waals surface area contributed by atoms with Crippen LogP contribution in [0.15, 0.2) is 36.4 Å². The van der Waals surface area contributed by atoms with E-state index in [1.165, 1.54) is 18.2 Å². The second kappa shape index (κ2) is 6.76. The molecule has 2 rings (SSSR count). The third kappa shape index (κ3) is 4.08. The summed E-state index contributed by atoms with van der Waals surface area (Å²) < 4.78 is 40.6. The number of nitrogens with one attached hydrogen (secondary N) is 1. The maximum atomic E-state index is 14.0. The molecule has 1 nitrogen and oxygen atoms in total. The number of hydrogen-bond acceptors (Lipinski definition) is 1. The summed E-state index contributed by atoms with van der Waals surface area (Å²) in [4.78, 5) is 0. The van der Waals surface area contributed by atoms with Gasteiger partial charge in [-0.3, -0.25) is 0 Å². The highest BCUT2D eigenvalue weighted by Gasteiger charge is 2.16. The standard InChI is InChI=1S/C17H18F3N/c1-3-21-17(15-6-11(2)4-5-16(15)20)9-12-7-13(18)10-14(19)8-12/h4-8,10,17,21H,3,9H2,1-2H3. The highest BCUT2D eigenvalue weighted by molar-refractivity contribution is 5.29. The molecule has 0 fully saturated rings. The van der Waals surface area contributed by atoms with Crippen molar-refractivity contribution in [1.82, 2.24) is 5.32 Å². The molecule has 1 atom stereocenters. The van der Waals surface area contributed by atoms with Gasteiger partial charge in [-0.15, -0.1) is 0 Å². The second-order valence-corrected chi connectivity index (χ2v) is 5.12. The first-order valence-electron chi connectivity index (χ1n) is 6.94. The average molecular weight is 293 g/mol. The van der Waals surface area contributed by atoms with Crippen LogP contribution in [0, 0.1) is 24.4 Å². The molecule has 0 aliphatic heterocycles. The van der Waals surface area contributed by atoms with Gasteiger partial charge in [0.15, 0.2) is 0 Å². The zero-order valence-corrected chi connectivity index (χ0v) is 12.1. The molecule has 0 bridgehead atoms. The van der Waals surface area contributed by atoms with E-state index >= 15 is 0 Å². The first kappa shape index (κ1) is 15.6. The van der Waals surface area contributed by atoms with Crippen LogP contribution in [0.1, 0.15) is 29.7 Å². The number of benzene rings is 2. The molecule has 0 heterocycles. The molecule has 0 aromatic heterocycles. The van der Waals surface area contributed by atoms with Gasteiger partial charge in [-0.2, -0.15) is 0 Å². The predicted molar refractivity (Wildman–Crippen MR) is 77.6 cm³/mol. The zero-order valence-electron chi connectivity index (χ0n) is 12.1. The van der Waals surface area contributed by atoms with Gasteiger partial charge in [-0.25, -0.2) is 13.2 Å². The Morgan fingerprint density at radius 1 is 1.00 bits per heavy atom. The van der Waals surface area contributed by atoms with Crippen LogP contribution in [0.25, 0.3) is 0 Å². The summed E-state index contributed by atoms with van der Waals surface area (Å²) >= 11 is 0. The molecule has 1 unspecified atom stereocenters. The van der Waals surface area contributed by atoms with E-state index in [0.717, 1.165) is 11.6 Å². The van der Waals surface area contributed by atoms with Crippen molar-refractivity contribution in [2.24, 2.45) is 0 Å². The van der Waals surface area contributed by atoms with E-state index in [1.807, 2.05) is 13.8 Å². The molecule has 2 aromatic carbocycles. The lowest BCUT2D eigenvalue weighted by Gasteiger charge is -2.20. The summed E-state index contributed by atoms with van der Waals surface area (Å²) in [5.41, 5.74) is 1.96. The van der Waals surface area contributed by atoms with Crippen molar-refractivity contribution in [3.63, 3.8) is 0 Å². The molecule has 0 aliphatic carbocycles. The topological polar surface area (TPSA) is 12.0 Å². The van der Waals surface area contributed by atoms with Gasteiger partial charge >= 0.3 is 0 Å². The molecule has 0 saturated heterocycles. The van der Waals surface area contributed by atoms with Gasteiger partial charge in [-0.05, 0) is 43.7 Å². The highest BCUT2D eigenvalue weighted by atomic mass is 19.1. The van der Waals surface area contributed by atoms with Crippen molar-refractivity contribution < 1.29 is 13.2 Å². The molecule has 0 spiro atoms. The third-order valence-electron chi connectivity index (χ3n) is 3.34. The van der Waals surface area contributed by atoms with Crippen LogP contribution < -0.4 is 5.32 Å².